The lowest BCUT2D eigenvalue weighted by molar-refractivity contribution is 0.140. The number of aromatic hydroxyl groups is 1. The third-order valence-electron chi connectivity index (χ3n) is 2.15. The number of rotatable bonds is 5. The third-order valence-corrected chi connectivity index (χ3v) is 2.50. The van der Waals surface area contributed by atoms with Crippen LogP contribution in [0.2, 0.25) is 5.02 Å². The number of halogens is 1. The molecule has 0 aliphatic carbocycles. The maximum atomic E-state index is 9.79. The molecule has 0 saturated carbocycles. The highest BCUT2D eigenvalue weighted by molar-refractivity contribution is 6.33. The van der Waals surface area contributed by atoms with Gasteiger partial charge in [0.2, 0.25) is 0 Å². The van der Waals surface area contributed by atoms with Crippen LogP contribution in [0.1, 0.15) is 5.56 Å². The Kier molecular flexibility index (Phi) is 4.67. The van der Waals surface area contributed by atoms with E-state index in [1.807, 2.05) is 0 Å². The first-order valence-corrected chi connectivity index (χ1v) is 4.97. The second-order valence-corrected chi connectivity index (χ2v) is 3.43. The van der Waals surface area contributed by atoms with Gasteiger partial charge < -0.3 is 19.4 Å². The van der Waals surface area contributed by atoms with Gasteiger partial charge in [0.05, 0.1) is 20.8 Å². The van der Waals surface area contributed by atoms with Crippen molar-refractivity contribution in [3.8, 4) is 17.2 Å². The van der Waals surface area contributed by atoms with E-state index in [4.69, 9.17) is 27.0 Å². The van der Waals surface area contributed by atoms with Crippen LogP contribution < -0.4 is 15.4 Å². The molecule has 1 aromatic carbocycles. The van der Waals surface area contributed by atoms with Gasteiger partial charge in [0.15, 0.2) is 11.5 Å². The fraction of sp³-hybridized carbons (Fsp3) is 0.400. The van der Waals surface area contributed by atoms with Crippen LogP contribution in [-0.4, -0.2) is 25.9 Å². The number of phenols is 1. The van der Waals surface area contributed by atoms with E-state index in [-0.39, 0.29) is 17.4 Å². The highest BCUT2D eigenvalue weighted by atomic mass is 35.5. The summed E-state index contributed by atoms with van der Waals surface area (Å²) in [7, 11) is 2.94. The number of methoxy groups -OCH3 is 2. The molecule has 16 heavy (non-hydrogen) atoms. The SMILES string of the molecule is COc1cc(CCON)c(O)c(Cl)c1OC. The zero-order valence-electron chi connectivity index (χ0n) is 9.12. The summed E-state index contributed by atoms with van der Waals surface area (Å²) >= 11 is 5.93. The molecule has 0 spiro atoms. The summed E-state index contributed by atoms with van der Waals surface area (Å²) in [5.41, 5.74) is 0.591. The Bertz CT molecular complexity index is 370. The van der Waals surface area contributed by atoms with Gasteiger partial charge in [-0.15, -0.1) is 0 Å². The molecule has 0 aromatic heterocycles. The van der Waals surface area contributed by atoms with E-state index in [1.54, 1.807) is 6.07 Å². The zero-order valence-corrected chi connectivity index (χ0v) is 9.87. The third kappa shape index (κ3) is 2.49. The molecule has 1 rings (SSSR count). The average Bonchev–Trinajstić information content (AvgIpc) is 2.30. The minimum Gasteiger partial charge on any atom is -0.506 e. The second-order valence-electron chi connectivity index (χ2n) is 3.05. The molecule has 0 aliphatic rings. The van der Waals surface area contributed by atoms with Crippen molar-refractivity contribution in [2.24, 2.45) is 5.90 Å². The van der Waals surface area contributed by atoms with E-state index in [9.17, 15) is 5.11 Å². The van der Waals surface area contributed by atoms with E-state index in [2.05, 4.69) is 4.84 Å². The fourth-order valence-corrected chi connectivity index (χ4v) is 1.64. The van der Waals surface area contributed by atoms with Gasteiger partial charge in [-0.3, -0.25) is 0 Å². The average molecular weight is 248 g/mol. The van der Waals surface area contributed by atoms with Crippen LogP contribution in [0.5, 0.6) is 17.2 Å². The Morgan fingerprint density at radius 1 is 1.38 bits per heavy atom. The lowest BCUT2D eigenvalue weighted by Crippen LogP contribution is -2.04. The standard InChI is InChI=1S/C10H14ClNO4/c1-14-7-5-6(3-4-16-12)9(13)8(11)10(7)15-2/h5,13H,3-4,12H2,1-2H3. The number of hydrogen-bond acceptors (Lipinski definition) is 5. The maximum Gasteiger partial charge on any atom is 0.183 e. The fourth-order valence-electron chi connectivity index (χ4n) is 1.35. The molecular weight excluding hydrogens is 234 g/mol. The van der Waals surface area contributed by atoms with E-state index in [1.165, 1.54) is 14.2 Å². The monoisotopic (exact) mass is 247 g/mol. The van der Waals surface area contributed by atoms with Crippen molar-refractivity contribution >= 4 is 11.6 Å². The lowest BCUT2D eigenvalue weighted by Gasteiger charge is -2.13. The highest BCUT2D eigenvalue weighted by Gasteiger charge is 2.17. The minimum absolute atomic E-state index is 0.0450. The predicted octanol–water partition coefficient (Wildman–Crippen LogP) is 1.50. The molecule has 5 nitrogen and oxygen atoms in total. The van der Waals surface area contributed by atoms with Crippen molar-refractivity contribution in [2.75, 3.05) is 20.8 Å². The molecule has 0 amide bonds. The Morgan fingerprint density at radius 2 is 2.06 bits per heavy atom. The minimum atomic E-state index is -0.0450. The first-order valence-electron chi connectivity index (χ1n) is 4.59. The maximum absolute atomic E-state index is 9.79. The zero-order chi connectivity index (χ0) is 12.1. The summed E-state index contributed by atoms with van der Waals surface area (Å²) in [5, 5.41) is 9.91. The van der Waals surface area contributed by atoms with Crippen LogP contribution in [0, 0.1) is 0 Å². The first-order chi connectivity index (χ1) is 7.65. The van der Waals surface area contributed by atoms with Crippen molar-refractivity contribution in [3.05, 3.63) is 16.7 Å². The Labute approximate surface area is 98.6 Å². The molecule has 0 unspecified atom stereocenters. The van der Waals surface area contributed by atoms with Crippen molar-refractivity contribution in [1.29, 1.82) is 0 Å². The number of hydrogen-bond donors (Lipinski definition) is 2. The molecule has 3 N–H and O–H groups in total. The second kappa shape index (κ2) is 5.79. The van der Waals surface area contributed by atoms with E-state index in [0.29, 0.717) is 23.5 Å². The molecule has 0 fully saturated rings. The van der Waals surface area contributed by atoms with Crippen LogP contribution in [0.3, 0.4) is 0 Å². The largest absolute Gasteiger partial charge is 0.506 e. The molecule has 0 saturated heterocycles. The molecule has 0 atom stereocenters. The highest BCUT2D eigenvalue weighted by Crippen LogP contribution is 2.43. The van der Waals surface area contributed by atoms with Gasteiger partial charge in [-0.05, 0) is 6.07 Å². The van der Waals surface area contributed by atoms with E-state index < -0.39 is 0 Å². The van der Waals surface area contributed by atoms with Gasteiger partial charge in [0, 0.05) is 12.0 Å². The van der Waals surface area contributed by atoms with Gasteiger partial charge in [-0.25, -0.2) is 5.90 Å². The van der Waals surface area contributed by atoms with Gasteiger partial charge in [0.1, 0.15) is 10.8 Å². The smallest absolute Gasteiger partial charge is 0.183 e. The van der Waals surface area contributed by atoms with E-state index >= 15 is 0 Å². The van der Waals surface area contributed by atoms with Gasteiger partial charge in [-0.2, -0.15) is 0 Å². The number of nitrogens with two attached hydrogens (primary N) is 1. The van der Waals surface area contributed by atoms with E-state index in [0.717, 1.165) is 0 Å². The van der Waals surface area contributed by atoms with Crippen molar-refractivity contribution in [3.63, 3.8) is 0 Å². The van der Waals surface area contributed by atoms with Crippen molar-refractivity contribution < 1.29 is 19.4 Å². The van der Waals surface area contributed by atoms with Crippen molar-refractivity contribution in [2.45, 2.75) is 6.42 Å². The summed E-state index contributed by atoms with van der Waals surface area (Å²) in [6.07, 6.45) is 0.433. The molecule has 90 valence electrons. The Balaban J connectivity index is 3.16. The summed E-state index contributed by atoms with van der Waals surface area (Å²) in [6, 6.07) is 1.64. The molecule has 0 bridgehead atoms. The molecule has 0 aliphatic heterocycles. The quantitative estimate of drug-likeness (QED) is 0.772. The lowest BCUT2D eigenvalue weighted by atomic mass is 10.1. The van der Waals surface area contributed by atoms with Crippen molar-refractivity contribution in [1.82, 2.24) is 0 Å². The van der Waals surface area contributed by atoms with Crippen LogP contribution in [-0.2, 0) is 11.3 Å². The van der Waals surface area contributed by atoms with Crippen LogP contribution >= 0.6 is 11.6 Å². The Morgan fingerprint density at radius 3 is 2.56 bits per heavy atom. The first kappa shape index (κ1) is 12.9. The topological polar surface area (TPSA) is 73.9 Å². The van der Waals surface area contributed by atoms with Crippen LogP contribution in [0.25, 0.3) is 0 Å². The number of phenolic OH excluding ortho intramolecular Hbond substituents is 1. The van der Waals surface area contributed by atoms with Gasteiger partial charge >= 0.3 is 0 Å². The van der Waals surface area contributed by atoms with Gasteiger partial charge in [0.25, 0.3) is 0 Å². The summed E-state index contributed by atoms with van der Waals surface area (Å²) in [5.74, 6) is 5.64. The summed E-state index contributed by atoms with van der Waals surface area (Å²) in [6.45, 7) is 0.277. The normalized spacial score (nSPS) is 10.2. The summed E-state index contributed by atoms with van der Waals surface area (Å²) in [4.78, 5) is 4.44. The van der Waals surface area contributed by atoms with Gasteiger partial charge in [-0.1, -0.05) is 11.6 Å². The molecule has 0 heterocycles. The van der Waals surface area contributed by atoms with Crippen LogP contribution in [0.15, 0.2) is 6.07 Å². The number of ether oxygens (including phenoxy) is 2. The molecular formula is C10H14ClNO4. The molecule has 0 radical (unpaired) electrons. The van der Waals surface area contributed by atoms with Crippen LogP contribution in [0.4, 0.5) is 0 Å². The number of benzene rings is 1. The predicted molar refractivity (Wildman–Crippen MR) is 60.1 cm³/mol. The summed E-state index contributed by atoms with van der Waals surface area (Å²) < 4.78 is 10.1. The molecule has 1 aromatic rings. The Hall–Kier alpha value is -1.17. The molecule has 6 heteroatoms.